The number of aromatic carboxylic acids is 1. The van der Waals surface area contributed by atoms with Gasteiger partial charge in [-0.1, -0.05) is 6.07 Å². The highest BCUT2D eigenvalue weighted by molar-refractivity contribution is 5.94. The number of carboxylic acid groups (broad SMARTS) is 1. The zero-order valence-corrected chi connectivity index (χ0v) is 10.4. The molecular formula is C14H13NO4. The van der Waals surface area contributed by atoms with Crippen molar-refractivity contribution in [3.63, 3.8) is 0 Å². The Kier molecular flexibility index (Phi) is 2.55. The van der Waals surface area contributed by atoms with E-state index >= 15 is 0 Å². The number of benzene rings is 1. The maximum atomic E-state index is 12.2. The van der Waals surface area contributed by atoms with Crippen LogP contribution in [0.3, 0.4) is 0 Å². The summed E-state index contributed by atoms with van der Waals surface area (Å²) >= 11 is 0. The maximum Gasteiger partial charge on any atom is 0.341 e. The van der Waals surface area contributed by atoms with Crippen molar-refractivity contribution in [2.24, 2.45) is 0 Å². The number of hydrogen-bond acceptors (Lipinski definition) is 3. The number of ether oxygens (including phenoxy) is 1. The molecule has 3 rings (SSSR count). The Bertz CT molecular complexity index is 728. The van der Waals surface area contributed by atoms with Crippen molar-refractivity contribution >= 4 is 16.9 Å². The van der Waals surface area contributed by atoms with Crippen molar-refractivity contribution in [1.82, 2.24) is 4.57 Å². The molecule has 5 nitrogen and oxygen atoms in total. The first kappa shape index (κ1) is 11.8. The molecule has 0 spiro atoms. The quantitative estimate of drug-likeness (QED) is 0.915. The number of nitrogens with zero attached hydrogens (tertiary/aromatic N) is 1. The van der Waals surface area contributed by atoms with Gasteiger partial charge in [0.1, 0.15) is 11.3 Å². The van der Waals surface area contributed by atoms with E-state index in [0.717, 1.165) is 12.8 Å². The number of aromatic nitrogens is 1. The highest BCUT2D eigenvalue weighted by atomic mass is 16.5. The number of carboxylic acids is 1. The fraction of sp³-hybridized carbons (Fsp3) is 0.286. The van der Waals surface area contributed by atoms with E-state index in [-0.39, 0.29) is 11.6 Å². The molecule has 0 aliphatic heterocycles. The van der Waals surface area contributed by atoms with Crippen molar-refractivity contribution in [2.45, 2.75) is 18.9 Å². The maximum absolute atomic E-state index is 12.2. The third-order valence-corrected chi connectivity index (χ3v) is 3.41. The highest BCUT2D eigenvalue weighted by Gasteiger charge is 2.27. The number of pyridine rings is 1. The van der Waals surface area contributed by atoms with Crippen molar-refractivity contribution in [3.05, 3.63) is 40.2 Å². The van der Waals surface area contributed by atoms with Crippen LogP contribution >= 0.6 is 0 Å². The summed E-state index contributed by atoms with van der Waals surface area (Å²) in [5, 5.41) is 9.53. The van der Waals surface area contributed by atoms with E-state index in [0.29, 0.717) is 16.7 Å². The SMILES string of the molecule is COc1cccc2c(=O)c(C(=O)O)cn(C3CC3)c12. The van der Waals surface area contributed by atoms with Gasteiger partial charge in [0.05, 0.1) is 18.0 Å². The Hall–Kier alpha value is -2.30. The number of hydrogen-bond donors (Lipinski definition) is 1. The molecule has 1 aliphatic rings. The van der Waals surface area contributed by atoms with Crippen molar-refractivity contribution < 1.29 is 14.6 Å². The standard InChI is InChI=1S/C14H13NO4/c1-19-11-4-2-3-9-12(11)15(8-5-6-8)7-10(13(9)16)14(17)18/h2-4,7-8H,5-6H2,1H3,(H,17,18). The van der Waals surface area contributed by atoms with Crippen molar-refractivity contribution in [3.8, 4) is 5.75 Å². The van der Waals surface area contributed by atoms with E-state index in [2.05, 4.69) is 0 Å². The highest BCUT2D eigenvalue weighted by Crippen LogP contribution is 2.39. The number of para-hydroxylation sites is 1. The summed E-state index contributed by atoms with van der Waals surface area (Å²) in [5.74, 6) is -0.595. The molecule has 98 valence electrons. The number of methoxy groups -OCH3 is 1. The van der Waals surface area contributed by atoms with Gasteiger partial charge >= 0.3 is 5.97 Å². The second-order valence-electron chi connectivity index (χ2n) is 4.67. The minimum absolute atomic E-state index is 0.187. The molecule has 0 saturated heterocycles. The zero-order valence-electron chi connectivity index (χ0n) is 10.4. The lowest BCUT2D eigenvalue weighted by molar-refractivity contribution is 0.0695. The van der Waals surface area contributed by atoms with E-state index in [4.69, 9.17) is 9.84 Å². The summed E-state index contributed by atoms with van der Waals surface area (Å²) in [4.78, 5) is 23.4. The molecule has 0 unspecified atom stereocenters. The Morgan fingerprint density at radius 3 is 2.74 bits per heavy atom. The lowest BCUT2D eigenvalue weighted by Crippen LogP contribution is -2.19. The molecule has 1 aromatic carbocycles. The van der Waals surface area contributed by atoms with Crippen molar-refractivity contribution in [2.75, 3.05) is 7.11 Å². The summed E-state index contributed by atoms with van der Waals surface area (Å²) in [6.45, 7) is 0. The fourth-order valence-electron chi connectivity index (χ4n) is 2.34. The molecule has 5 heteroatoms. The van der Waals surface area contributed by atoms with Gasteiger partial charge in [0.2, 0.25) is 5.43 Å². The van der Waals surface area contributed by atoms with Crippen LogP contribution in [0.4, 0.5) is 0 Å². The second kappa shape index (κ2) is 4.12. The van der Waals surface area contributed by atoms with Gasteiger partial charge in [-0.05, 0) is 25.0 Å². The molecular weight excluding hydrogens is 246 g/mol. The lowest BCUT2D eigenvalue weighted by Gasteiger charge is -2.14. The first-order valence-electron chi connectivity index (χ1n) is 6.08. The number of carbonyl (C=O) groups is 1. The van der Waals surface area contributed by atoms with Gasteiger partial charge in [-0.3, -0.25) is 4.79 Å². The molecule has 0 atom stereocenters. The molecule has 1 aliphatic carbocycles. The molecule has 1 fully saturated rings. The molecule has 0 amide bonds. The summed E-state index contributed by atoms with van der Waals surface area (Å²) in [7, 11) is 1.54. The van der Waals surface area contributed by atoms with E-state index in [1.165, 1.54) is 6.20 Å². The van der Waals surface area contributed by atoms with E-state index in [1.807, 2.05) is 4.57 Å². The van der Waals surface area contributed by atoms with Crippen LogP contribution < -0.4 is 10.2 Å². The van der Waals surface area contributed by atoms with Gasteiger partial charge in [-0.2, -0.15) is 0 Å². The van der Waals surface area contributed by atoms with Crippen LogP contribution in [-0.2, 0) is 0 Å². The Morgan fingerprint density at radius 2 is 2.16 bits per heavy atom. The number of fused-ring (bicyclic) bond motifs is 1. The largest absolute Gasteiger partial charge is 0.495 e. The van der Waals surface area contributed by atoms with Crippen LogP contribution in [0.15, 0.2) is 29.2 Å². The van der Waals surface area contributed by atoms with Gasteiger partial charge in [0.15, 0.2) is 0 Å². The summed E-state index contributed by atoms with van der Waals surface area (Å²) in [6.07, 6.45) is 3.43. The molecule has 1 aromatic heterocycles. The molecule has 1 saturated carbocycles. The Labute approximate surface area is 109 Å². The van der Waals surface area contributed by atoms with Crippen LogP contribution in [0.1, 0.15) is 29.2 Å². The topological polar surface area (TPSA) is 68.5 Å². The molecule has 0 bridgehead atoms. The van der Waals surface area contributed by atoms with E-state index in [9.17, 15) is 9.59 Å². The predicted octanol–water partition coefficient (Wildman–Crippen LogP) is 2.04. The minimum Gasteiger partial charge on any atom is -0.495 e. The van der Waals surface area contributed by atoms with Crippen LogP contribution in [0, 0.1) is 0 Å². The van der Waals surface area contributed by atoms with E-state index in [1.54, 1.807) is 25.3 Å². The van der Waals surface area contributed by atoms with Crippen LogP contribution in [0.2, 0.25) is 0 Å². The molecule has 1 heterocycles. The molecule has 19 heavy (non-hydrogen) atoms. The normalized spacial score (nSPS) is 14.6. The first-order valence-corrected chi connectivity index (χ1v) is 6.08. The second-order valence-corrected chi connectivity index (χ2v) is 4.67. The van der Waals surface area contributed by atoms with Gasteiger partial charge in [0, 0.05) is 12.2 Å². The average molecular weight is 259 g/mol. The first-order chi connectivity index (χ1) is 9.13. The number of rotatable bonds is 3. The molecule has 2 aromatic rings. The fourth-order valence-corrected chi connectivity index (χ4v) is 2.34. The summed E-state index contributed by atoms with van der Waals surface area (Å²) in [5.41, 5.74) is 0.0356. The average Bonchev–Trinajstić information content (AvgIpc) is 3.22. The Morgan fingerprint density at radius 1 is 1.42 bits per heavy atom. The van der Waals surface area contributed by atoms with Crippen molar-refractivity contribution in [1.29, 1.82) is 0 Å². The third-order valence-electron chi connectivity index (χ3n) is 3.41. The van der Waals surface area contributed by atoms with Crippen LogP contribution in [0.5, 0.6) is 5.75 Å². The van der Waals surface area contributed by atoms with Crippen LogP contribution in [-0.4, -0.2) is 22.8 Å². The van der Waals surface area contributed by atoms with Gasteiger partial charge < -0.3 is 14.4 Å². The Balaban J connectivity index is 2.45. The van der Waals surface area contributed by atoms with Crippen LogP contribution in [0.25, 0.3) is 10.9 Å². The van der Waals surface area contributed by atoms with Gasteiger partial charge in [-0.25, -0.2) is 4.79 Å². The lowest BCUT2D eigenvalue weighted by atomic mass is 10.1. The minimum atomic E-state index is -1.19. The predicted molar refractivity (Wildman–Crippen MR) is 70.0 cm³/mol. The monoisotopic (exact) mass is 259 g/mol. The summed E-state index contributed by atoms with van der Waals surface area (Å²) < 4.78 is 7.15. The van der Waals surface area contributed by atoms with Gasteiger partial charge in [0.25, 0.3) is 0 Å². The van der Waals surface area contributed by atoms with Gasteiger partial charge in [-0.15, -0.1) is 0 Å². The molecule has 0 radical (unpaired) electrons. The summed E-state index contributed by atoms with van der Waals surface area (Å²) in [6, 6.07) is 5.38. The smallest absolute Gasteiger partial charge is 0.341 e. The van der Waals surface area contributed by atoms with E-state index < -0.39 is 11.4 Å². The third kappa shape index (κ3) is 1.78. The zero-order chi connectivity index (χ0) is 13.6. The molecule has 1 N–H and O–H groups in total.